The van der Waals surface area contributed by atoms with Crippen molar-refractivity contribution in [3.05, 3.63) is 42.2 Å². The van der Waals surface area contributed by atoms with E-state index in [9.17, 15) is 8.42 Å². The van der Waals surface area contributed by atoms with Crippen molar-refractivity contribution in [1.82, 2.24) is 20.2 Å². The molecule has 0 spiro atoms. The van der Waals surface area contributed by atoms with Gasteiger partial charge in [-0.25, -0.2) is 18.5 Å². The molecule has 0 aliphatic carbocycles. The third-order valence-corrected chi connectivity index (χ3v) is 6.41. The third kappa shape index (κ3) is 4.28. The maximum Gasteiger partial charge on any atom is 0.213 e. The first kappa shape index (κ1) is 19.5. The minimum Gasteiger partial charge on any atom is -0.369 e. The molecule has 10 heteroatoms. The molecule has 0 bridgehead atoms. The van der Waals surface area contributed by atoms with Crippen LogP contribution in [0.1, 0.15) is 31.7 Å². The highest BCUT2D eigenvalue weighted by Gasteiger charge is 2.31. The van der Waals surface area contributed by atoms with Gasteiger partial charge in [0.25, 0.3) is 0 Å². The molecular weight excluding hydrogens is 390 g/mol. The standard InChI is InChI=1S/C19H23N7O2S/c1-12(2)13-7-19(25-22-9-13)24-18-4-3-16-17(23-18)8-14(10-21-16)26-6-5-15(11-26)29(20,27)28/h3-4,7-10,12,15H,5-6,11H2,1-2H3,(H2,20,27,28)(H,23,24,25). The zero-order valence-electron chi connectivity index (χ0n) is 16.3. The van der Waals surface area contributed by atoms with E-state index in [2.05, 4.69) is 39.3 Å². The van der Waals surface area contributed by atoms with E-state index in [0.29, 0.717) is 42.6 Å². The Labute approximate surface area is 169 Å². The van der Waals surface area contributed by atoms with Crippen LogP contribution in [0, 0.1) is 0 Å². The molecular formula is C19H23N7O2S. The molecule has 1 unspecified atom stereocenters. The van der Waals surface area contributed by atoms with E-state index < -0.39 is 15.3 Å². The van der Waals surface area contributed by atoms with Crippen molar-refractivity contribution in [1.29, 1.82) is 0 Å². The SMILES string of the molecule is CC(C)c1cnnc(Nc2ccc3ncc(N4CCC(S(N)(=O)=O)C4)cc3n2)c1. The predicted molar refractivity (Wildman–Crippen MR) is 113 cm³/mol. The first-order valence-electron chi connectivity index (χ1n) is 9.42. The summed E-state index contributed by atoms with van der Waals surface area (Å²) < 4.78 is 23.2. The number of hydrogen-bond acceptors (Lipinski definition) is 8. The van der Waals surface area contributed by atoms with Crippen molar-refractivity contribution in [2.24, 2.45) is 5.14 Å². The normalized spacial score (nSPS) is 17.2. The summed E-state index contributed by atoms with van der Waals surface area (Å²) in [6, 6.07) is 7.59. The monoisotopic (exact) mass is 413 g/mol. The number of aromatic nitrogens is 4. The Morgan fingerprint density at radius 2 is 2.00 bits per heavy atom. The van der Waals surface area contributed by atoms with E-state index in [0.717, 1.165) is 16.8 Å². The van der Waals surface area contributed by atoms with Crippen LogP contribution in [0.25, 0.3) is 11.0 Å². The van der Waals surface area contributed by atoms with E-state index in [1.165, 1.54) is 0 Å². The second kappa shape index (κ2) is 7.53. The molecule has 3 aromatic rings. The van der Waals surface area contributed by atoms with Crippen LogP contribution >= 0.6 is 0 Å². The lowest BCUT2D eigenvalue weighted by Gasteiger charge is -2.18. The first-order chi connectivity index (χ1) is 13.8. The lowest BCUT2D eigenvalue weighted by atomic mass is 10.1. The summed E-state index contributed by atoms with van der Waals surface area (Å²) in [5.41, 5.74) is 3.38. The first-order valence-corrected chi connectivity index (χ1v) is 11.0. The van der Waals surface area contributed by atoms with Gasteiger partial charge in [0.1, 0.15) is 5.82 Å². The summed E-state index contributed by atoms with van der Waals surface area (Å²) >= 11 is 0. The fourth-order valence-electron chi connectivity index (χ4n) is 3.36. The molecule has 1 aliphatic heterocycles. The smallest absolute Gasteiger partial charge is 0.213 e. The Bertz CT molecular complexity index is 1150. The lowest BCUT2D eigenvalue weighted by Crippen LogP contribution is -2.31. The molecule has 3 aromatic heterocycles. The minimum absolute atomic E-state index is 0.351. The molecule has 0 saturated carbocycles. The van der Waals surface area contributed by atoms with E-state index >= 15 is 0 Å². The van der Waals surface area contributed by atoms with E-state index in [1.54, 1.807) is 12.4 Å². The van der Waals surface area contributed by atoms with E-state index in [4.69, 9.17) is 5.14 Å². The molecule has 9 nitrogen and oxygen atoms in total. The number of anilines is 3. The maximum absolute atomic E-state index is 11.6. The third-order valence-electron chi connectivity index (χ3n) is 5.10. The Morgan fingerprint density at radius 3 is 2.72 bits per heavy atom. The Kier molecular flexibility index (Phi) is 5.05. The summed E-state index contributed by atoms with van der Waals surface area (Å²) in [5, 5.41) is 16.1. The molecule has 1 aliphatic rings. The van der Waals surface area contributed by atoms with Crippen molar-refractivity contribution in [2.45, 2.75) is 31.4 Å². The fraction of sp³-hybridized carbons (Fsp3) is 0.368. The van der Waals surface area contributed by atoms with Gasteiger partial charge in [0.2, 0.25) is 10.0 Å². The van der Waals surface area contributed by atoms with Crippen LogP contribution in [0.2, 0.25) is 0 Å². The molecule has 4 heterocycles. The number of rotatable bonds is 5. The van der Waals surface area contributed by atoms with Crippen molar-refractivity contribution in [3.8, 4) is 0 Å². The van der Waals surface area contributed by atoms with Crippen molar-refractivity contribution in [3.63, 3.8) is 0 Å². The van der Waals surface area contributed by atoms with Gasteiger partial charge in [-0.05, 0) is 42.2 Å². The van der Waals surface area contributed by atoms with Crippen molar-refractivity contribution < 1.29 is 8.42 Å². The summed E-state index contributed by atoms with van der Waals surface area (Å²) in [7, 11) is -3.54. The second-order valence-electron chi connectivity index (χ2n) is 7.53. The molecule has 3 N–H and O–H groups in total. The maximum atomic E-state index is 11.6. The quantitative estimate of drug-likeness (QED) is 0.651. The topological polar surface area (TPSA) is 127 Å². The van der Waals surface area contributed by atoms with Gasteiger partial charge in [0, 0.05) is 13.1 Å². The van der Waals surface area contributed by atoms with Gasteiger partial charge in [-0.1, -0.05) is 13.8 Å². The number of pyridine rings is 2. The highest BCUT2D eigenvalue weighted by Crippen LogP contribution is 2.26. The Hall–Kier alpha value is -2.85. The predicted octanol–water partition coefficient (Wildman–Crippen LogP) is 2.15. The molecule has 1 saturated heterocycles. The van der Waals surface area contributed by atoms with Crippen molar-refractivity contribution in [2.75, 3.05) is 23.3 Å². The number of primary sulfonamides is 1. The van der Waals surface area contributed by atoms with E-state index in [1.807, 2.05) is 29.2 Å². The van der Waals surface area contributed by atoms with Crippen LogP contribution in [0.15, 0.2) is 36.7 Å². The van der Waals surface area contributed by atoms with Gasteiger partial charge in [0.15, 0.2) is 5.82 Å². The summed E-state index contributed by atoms with van der Waals surface area (Å²) in [5.74, 6) is 1.61. The summed E-state index contributed by atoms with van der Waals surface area (Å²) in [6.45, 7) is 5.17. The van der Waals surface area contributed by atoms with Gasteiger partial charge in [-0.15, -0.1) is 5.10 Å². The number of nitrogens with one attached hydrogen (secondary N) is 1. The molecule has 0 aromatic carbocycles. The van der Waals surface area contributed by atoms with Crippen LogP contribution < -0.4 is 15.4 Å². The van der Waals surface area contributed by atoms with Gasteiger partial charge >= 0.3 is 0 Å². The van der Waals surface area contributed by atoms with Crippen LogP contribution in [0.5, 0.6) is 0 Å². The molecule has 1 atom stereocenters. The van der Waals surface area contributed by atoms with Gasteiger partial charge in [-0.3, -0.25) is 4.98 Å². The van der Waals surface area contributed by atoms with Gasteiger partial charge in [0.05, 0.1) is 34.4 Å². The summed E-state index contributed by atoms with van der Waals surface area (Å²) in [6.07, 6.45) is 4.00. The fourth-order valence-corrected chi connectivity index (χ4v) is 4.18. The van der Waals surface area contributed by atoms with Crippen LogP contribution in [-0.4, -0.2) is 46.9 Å². The minimum atomic E-state index is -3.54. The average molecular weight is 414 g/mol. The number of nitrogens with zero attached hydrogens (tertiary/aromatic N) is 5. The second-order valence-corrected chi connectivity index (χ2v) is 9.37. The average Bonchev–Trinajstić information content (AvgIpc) is 3.18. The Morgan fingerprint density at radius 1 is 1.17 bits per heavy atom. The number of sulfonamides is 1. The molecule has 4 rings (SSSR count). The summed E-state index contributed by atoms with van der Waals surface area (Å²) in [4.78, 5) is 11.1. The molecule has 29 heavy (non-hydrogen) atoms. The zero-order chi connectivity index (χ0) is 20.6. The van der Waals surface area contributed by atoms with Crippen LogP contribution in [-0.2, 0) is 10.0 Å². The van der Waals surface area contributed by atoms with Crippen molar-refractivity contribution >= 4 is 38.4 Å². The molecule has 1 fully saturated rings. The van der Waals surface area contributed by atoms with E-state index in [-0.39, 0.29) is 0 Å². The van der Waals surface area contributed by atoms with Crippen LogP contribution in [0.3, 0.4) is 0 Å². The number of hydrogen-bond donors (Lipinski definition) is 2. The lowest BCUT2D eigenvalue weighted by molar-refractivity contribution is 0.585. The van der Waals surface area contributed by atoms with Gasteiger partial charge < -0.3 is 10.2 Å². The highest BCUT2D eigenvalue weighted by atomic mass is 32.2. The number of fused-ring (bicyclic) bond motifs is 1. The molecule has 152 valence electrons. The highest BCUT2D eigenvalue weighted by molar-refractivity contribution is 7.89. The largest absolute Gasteiger partial charge is 0.369 e. The number of nitrogens with two attached hydrogens (primary N) is 1. The molecule has 0 radical (unpaired) electrons. The Balaban J connectivity index is 1.58. The van der Waals surface area contributed by atoms with Crippen LogP contribution in [0.4, 0.5) is 17.3 Å². The molecule has 0 amide bonds. The zero-order valence-corrected chi connectivity index (χ0v) is 17.1. The van der Waals surface area contributed by atoms with Gasteiger partial charge in [-0.2, -0.15) is 5.10 Å².